The molecule has 2 rings (SSSR count). The van der Waals surface area contributed by atoms with Gasteiger partial charge in [-0.2, -0.15) is 9.99 Å². The monoisotopic (exact) mass is 224 g/mol. The molecule has 4 nitrogen and oxygen atoms in total. The molecule has 0 aliphatic heterocycles. The minimum Gasteiger partial charge on any atom is -0.617 e. The van der Waals surface area contributed by atoms with Crippen molar-refractivity contribution >= 4 is 5.78 Å². The predicted molar refractivity (Wildman–Crippen MR) is 60.0 cm³/mol. The van der Waals surface area contributed by atoms with Gasteiger partial charge in [-0.15, -0.1) is 0 Å². The maximum Gasteiger partial charge on any atom is 0.295 e. The lowest BCUT2D eigenvalue weighted by Gasteiger charge is -2.04. The number of aromatic nitrogens is 1. The van der Waals surface area contributed by atoms with Gasteiger partial charge in [0.2, 0.25) is 0 Å². The average Bonchev–Trinajstić information content (AvgIpc) is 2.39. The van der Waals surface area contributed by atoms with Crippen molar-refractivity contribution in [3.05, 3.63) is 70.7 Å². The molecule has 0 aliphatic rings. The fourth-order valence-corrected chi connectivity index (χ4v) is 1.48. The second-order valence-corrected chi connectivity index (χ2v) is 3.40. The number of ketones is 1. The zero-order valence-corrected chi connectivity index (χ0v) is 8.83. The highest BCUT2D eigenvalue weighted by atomic mass is 16.5. The Bertz CT molecular complexity index is 601. The molecule has 1 aromatic heterocycles. The van der Waals surface area contributed by atoms with Crippen molar-refractivity contribution in [2.24, 2.45) is 0 Å². The van der Waals surface area contributed by atoms with E-state index in [1.165, 1.54) is 18.2 Å². The molecule has 0 radical (unpaired) electrons. The lowest BCUT2D eigenvalue weighted by atomic mass is 10.1. The quantitative estimate of drug-likeness (QED) is 0.440. The van der Waals surface area contributed by atoms with Crippen molar-refractivity contribution < 1.29 is 9.52 Å². The van der Waals surface area contributed by atoms with Gasteiger partial charge in [-0.25, -0.2) is 0 Å². The number of hydrogen-bond donors (Lipinski definition) is 0. The van der Waals surface area contributed by atoms with Crippen molar-refractivity contribution in [2.75, 3.05) is 0 Å². The molecule has 82 valence electrons. The molecule has 17 heavy (non-hydrogen) atoms. The van der Waals surface area contributed by atoms with E-state index in [0.29, 0.717) is 10.3 Å². The molecule has 1 aromatic carbocycles. The molecule has 0 N–H and O–H groups in total. The molecule has 4 heteroatoms. The summed E-state index contributed by atoms with van der Waals surface area (Å²) in [7, 11) is 0. The maximum absolute atomic E-state index is 12.0. The normalized spacial score (nSPS) is 9.59. The first-order chi connectivity index (χ1) is 8.24. The van der Waals surface area contributed by atoms with Crippen LogP contribution in [0.25, 0.3) is 0 Å². The molecular weight excluding hydrogens is 216 g/mol. The highest BCUT2D eigenvalue weighted by molar-refractivity contribution is 6.06. The summed E-state index contributed by atoms with van der Waals surface area (Å²) in [6, 6.07) is 14.5. The number of carbonyl (C=O) groups excluding carboxylic acids is 1. The van der Waals surface area contributed by atoms with Crippen LogP contribution < -0.4 is 4.73 Å². The van der Waals surface area contributed by atoms with Crippen LogP contribution in [0.3, 0.4) is 0 Å². The Hall–Kier alpha value is -2.67. The van der Waals surface area contributed by atoms with Crippen LogP contribution in [0.1, 0.15) is 21.7 Å². The van der Waals surface area contributed by atoms with Gasteiger partial charge in [0.25, 0.3) is 17.2 Å². The highest BCUT2D eigenvalue weighted by Crippen LogP contribution is 2.06. The Morgan fingerprint density at radius 3 is 2.47 bits per heavy atom. The van der Waals surface area contributed by atoms with Crippen molar-refractivity contribution in [3.8, 4) is 6.07 Å². The summed E-state index contributed by atoms with van der Waals surface area (Å²) in [5, 5.41) is 20.4. The highest BCUT2D eigenvalue weighted by Gasteiger charge is 2.19. The van der Waals surface area contributed by atoms with E-state index in [9.17, 15) is 10.0 Å². The topological polar surface area (TPSA) is 67.8 Å². The SMILES string of the molecule is N#Cc1cccc(C(=O)c2ccccc2)[n+]1[O-]. The molecule has 1 heterocycles. The summed E-state index contributed by atoms with van der Waals surface area (Å²) in [6.07, 6.45) is 0. The zero-order valence-electron chi connectivity index (χ0n) is 8.83. The van der Waals surface area contributed by atoms with E-state index in [1.807, 2.05) is 0 Å². The molecule has 0 aliphatic carbocycles. The molecule has 0 atom stereocenters. The van der Waals surface area contributed by atoms with Gasteiger partial charge in [-0.05, 0) is 6.07 Å². The third-order valence-corrected chi connectivity index (χ3v) is 2.33. The number of rotatable bonds is 2. The molecular formula is C13H8N2O2. The third-order valence-electron chi connectivity index (χ3n) is 2.33. The zero-order chi connectivity index (χ0) is 12.3. The summed E-state index contributed by atoms with van der Waals surface area (Å²) in [4.78, 5) is 12.0. The maximum atomic E-state index is 12.0. The van der Waals surface area contributed by atoms with Crippen LogP contribution in [0.15, 0.2) is 48.5 Å². The second kappa shape index (κ2) is 4.45. The first-order valence-corrected chi connectivity index (χ1v) is 4.96. The van der Waals surface area contributed by atoms with Gasteiger partial charge in [0.05, 0.1) is 0 Å². The first-order valence-electron chi connectivity index (χ1n) is 4.96. The fourth-order valence-electron chi connectivity index (χ4n) is 1.48. The fraction of sp³-hybridized carbons (Fsp3) is 0. The van der Waals surface area contributed by atoms with Gasteiger partial charge in [0.15, 0.2) is 6.07 Å². The van der Waals surface area contributed by atoms with Crippen molar-refractivity contribution in [3.63, 3.8) is 0 Å². The van der Waals surface area contributed by atoms with Crippen molar-refractivity contribution in [1.82, 2.24) is 0 Å². The second-order valence-electron chi connectivity index (χ2n) is 3.40. The molecule has 0 fully saturated rings. The molecule has 0 unspecified atom stereocenters. The number of pyridine rings is 1. The number of benzene rings is 1. The van der Waals surface area contributed by atoms with E-state index in [2.05, 4.69) is 0 Å². The Labute approximate surface area is 98.0 Å². The number of hydrogen-bond acceptors (Lipinski definition) is 3. The van der Waals surface area contributed by atoms with Crippen molar-refractivity contribution in [1.29, 1.82) is 5.26 Å². The van der Waals surface area contributed by atoms with Crippen LogP contribution in [0.4, 0.5) is 0 Å². The van der Waals surface area contributed by atoms with Crippen LogP contribution in [0.5, 0.6) is 0 Å². The Morgan fingerprint density at radius 1 is 1.12 bits per heavy atom. The number of nitriles is 1. The van der Waals surface area contributed by atoms with E-state index in [-0.39, 0.29) is 11.4 Å². The van der Waals surface area contributed by atoms with E-state index in [4.69, 9.17) is 5.26 Å². The summed E-state index contributed by atoms with van der Waals surface area (Å²) in [6.45, 7) is 0. The Kier molecular flexibility index (Phi) is 2.84. The van der Waals surface area contributed by atoms with E-state index in [1.54, 1.807) is 36.4 Å². The predicted octanol–water partition coefficient (Wildman–Crippen LogP) is 1.42. The molecule has 0 saturated heterocycles. The summed E-state index contributed by atoms with van der Waals surface area (Å²) >= 11 is 0. The molecule has 0 spiro atoms. The van der Waals surface area contributed by atoms with Gasteiger partial charge < -0.3 is 5.21 Å². The van der Waals surface area contributed by atoms with Crippen LogP contribution in [0, 0.1) is 16.5 Å². The summed E-state index contributed by atoms with van der Waals surface area (Å²) < 4.78 is 0.356. The summed E-state index contributed by atoms with van der Waals surface area (Å²) in [5.41, 5.74) is 0.286. The average molecular weight is 224 g/mol. The lowest BCUT2D eigenvalue weighted by molar-refractivity contribution is -0.610. The van der Waals surface area contributed by atoms with Gasteiger partial charge in [-0.3, -0.25) is 4.79 Å². The van der Waals surface area contributed by atoms with E-state index < -0.39 is 5.78 Å². The number of nitrogens with zero attached hydrogens (tertiary/aromatic N) is 2. The van der Waals surface area contributed by atoms with Crippen LogP contribution >= 0.6 is 0 Å². The van der Waals surface area contributed by atoms with E-state index in [0.717, 1.165) is 0 Å². The first kappa shape index (κ1) is 10.8. The van der Waals surface area contributed by atoms with Crippen molar-refractivity contribution in [2.45, 2.75) is 0 Å². The minimum atomic E-state index is -0.391. The third kappa shape index (κ3) is 1.99. The lowest BCUT2D eigenvalue weighted by Crippen LogP contribution is -2.38. The van der Waals surface area contributed by atoms with Gasteiger partial charge in [0, 0.05) is 17.7 Å². The standard InChI is InChI=1S/C13H8N2O2/c14-9-11-7-4-8-12(15(11)17)13(16)10-5-2-1-3-6-10/h1-8H. The molecule has 0 saturated carbocycles. The largest absolute Gasteiger partial charge is 0.617 e. The Morgan fingerprint density at radius 2 is 1.82 bits per heavy atom. The van der Waals surface area contributed by atoms with Crippen LogP contribution in [0.2, 0.25) is 0 Å². The smallest absolute Gasteiger partial charge is 0.295 e. The van der Waals surface area contributed by atoms with Gasteiger partial charge >= 0.3 is 0 Å². The molecule has 0 bridgehead atoms. The van der Waals surface area contributed by atoms with Crippen LogP contribution in [-0.2, 0) is 0 Å². The summed E-state index contributed by atoms with van der Waals surface area (Å²) in [5.74, 6) is -0.391. The van der Waals surface area contributed by atoms with Gasteiger partial charge in [0.1, 0.15) is 0 Å². The molecule has 0 amide bonds. The number of carbonyl (C=O) groups is 1. The van der Waals surface area contributed by atoms with Gasteiger partial charge in [-0.1, -0.05) is 30.3 Å². The van der Waals surface area contributed by atoms with E-state index >= 15 is 0 Å². The minimum absolute atomic E-state index is 0.0461. The van der Waals surface area contributed by atoms with Crippen LogP contribution in [-0.4, -0.2) is 5.78 Å². The Balaban J connectivity index is 2.50. The molecule has 2 aromatic rings.